The third-order valence-corrected chi connectivity index (χ3v) is 3.60. The van der Waals surface area contributed by atoms with Gasteiger partial charge >= 0.3 is 0 Å². The topological polar surface area (TPSA) is 47.4 Å². The molecule has 1 saturated heterocycles. The highest BCUT2D eigenvalue weighted by atomic mass is 16.5. The number of ether oxygens (including phenoxy) is 1. The molecule has 0 aliphatic carbocycles. The predicted molar refractivity (Wildman–Crippen MR) is 74.2 cm³/mol. The van der Waals surface area contributed by atoms with Gasteiger partial charge in [0.2, 0.25) is 0 Å². The largest absolute Gasteiger partial charge is 0.377 e. The highest BCUT2D eigenvalue weighted by Crippen LogP contribution is 2.25. The third-order valence-electron chi connectivity index (χ3n) is 3.60. The maximum atomic E-state index is 12.6. The molecule has 0 saturated carbocycles. The van der Waals surface area contributed by atoms with Gasteiger partial charge in [0.1, 0.15) is 5.69 Å². The summed E-state index contributed by atoms with van der Waals surface area (Å²) in [6, 6.07) is 9.34. The highest BCUT2D eigenvalue weighted by Gasteiger charge is 2.31. The molecule has 3 heterocycles. The Morgan fingerprint density at radius 1 is 1.35 bits per heavy atom. The van der Waals surface area contributed by atoms with Crippen molar-refractivity contribution in [3.05, 3.63) is 54.1 Å². The van der Waals surface area contributed by atoms with Crippen LogP contribution in [0.3, 0.4) is 0 Å². The molecule has 1 fully saturated rings. The van der Waals surface area contributed by atoms with Crippen LogP contribution in [0.2, 0.25) is 0 Å². The van der Waals surface area contributed by atoms with Gasteiger partial charge in [0.25, 0.3) is 5.91 Å². The van der Waals surface area contributed by atoms with E-state index in [1.165, 1.54) is 0 Å². The summed E-state index contributed by atoms with van der Waals surface area (Å²) < 4.78 is 7.58. The number of aryl methyl sites for hydroxylation is 1. The third kappa shape index (κ3) is 2.32. The van der Waals surface area contributed by atoms with Crippen LogP contribution >= 0.6 is 0 Å². The molecule has 0 bridgehead atoms. The van der Waals surface area contributed by atoms with Gasteiger partial charge in [0, 0.05) is 31.7 Å². The van der Waals surface area contributed by atoms with Crippen molar-refractivity contribution in [3.8, 4) is 0 Å². The number of hydrogen-bond donors (Lipinski definition) is 0. The van der Waals surface area contributed by atoms with Crippen molar-refractivity contribution in [2.45, 2.75) is 6.04 Å². The Morgan fingerprint density at radius 3 is 2.95 bits per heavy atom. The van der Waals surface area contributed by atoms with Crippen molar-refractivity contribution in [1.82, 2.24) is 14.5 Å². The maximum Gasteiger partial charge on any atom is 0.273 e. The highest BCUT2D eigenvalue weighted by molar-refractivity contribution is 5.92. The Labute approximate surface area is 117 Å². The fourth-order valence-electron chi connectivity index (χ4n) is 2.55. The van der Waals surface area contributed by atoms with E-state index in [1.54, 1.807) is 12.3 Å². The molecule has 5 nitrogen and oxygen atoms in total. The molecule has 104 valence electrons. The molecule has 0 aromatic carbocycles. The average molecular weight is 271 g/mol. The summed E-state index contributed by atoms with van der Waals surface area (Å²) in [5.74, 6) is -0.0416. The van der Waals surface area contributed by atoms with Gasteiger partial charge in [-0.05, 0) is 24.3 Å². The number of amides is 1. The van der Waals surface area contributed by atoms with Gasteiger partial charge < -0.3 is 14.2 Å². The van der Waals surface area contributed by atoms with Gasteiger partial charge in [-0.3, -0.25) is 9.78 Å². The van der Waals surface area contributed by atoms with E-state index in [9.17, 15) is 4.79 Å². The molecule has 1 atom stereocenters. The van der Waals surface area contributed by atoms with Gasteiger partial charge in [-0.1, -0.05) is 6.07 Å². The lowest BCUT2D eigenvalue weighted by Crippen LogP contribution is -2.44. The summed E-state index contributed by atoms with van der Waals surface area (Å²) in [7, 11) is 1.98. The number of aromatic nitrogens is 2. The molecule has 20 heavy (non-hydrogen) atoms. The average Bonchev–Trinajstić information content (AvgIpc) is 2.93. The summed E-state index contributed by atoms with van der Waals surface area (Å²) in [5.41, 5.74) is 1.56. The number of rotatable bonds is 2. The lowest BCUT2D eigenvalue weighted by molar-refractivity contribution is -0.00493. The number of nitrogens with zero attached hydrogens (tertiary/aromatic N) is 3. The molecule has 1 aliphatic heterocycles. The summed E-state index contributed by atoms with van der Waals surface area (Å²) in [5, 5.41) is 0. The van der Waals surface area contributed by atoms with Crippen LogP contribution in [0.4, 0.5) is 0 Å². The fourth-order valence-corrected chi connectivity index (χ4v) is 2.55. The van der Waals surface area contributed by atoms with Crippen molar-refractivity contribution in [1.29, 1.82) is 0 Å². The zero-order valence-electron chi connectivity index (χ0n) is 11.4. The molecule has 2 aromatic rings. The lowest BCUT2D eigenvalue weighted by atomic mass is 10.1. The van der Waals surface area contributed by atoms with Crippen LogP contribution in [0.5, 0.6) is 0 Å². The van der Waals surface area contributed by atoms with Gasteiger partial charge in [0.15, 0.2) is 0 Å². The first-order valence-corrected chi connectivity index (χ1v) is 6.68. The van der Waals surface area contributed by atoms with Crippen LogP contribution in [0.1, 0.15) is 22.2 Å². The molecule has 3 rings (SSSR count). The predicted octanol–water partition coefficient (Wildman–Crippen LogP) is 1.63. The van der Waals surface area contributed by atoms with Crippen LogP contribution in [0, 0.1) is 0 Å². The molecule has 0 spiro atoms. The Hall–Kier alpha value is -2.14. The first kappa shape index (κ1) is 12.9. The van der Waals surface area contributed by atoms with Crippen LogP contribution < -0.4 is 0 Å². The number of pyridine rings is 1. The minimum Gasteiger partial charge on any atom is -0.377 e. The summed E-state index contributed by atoms with van der Waals surface area (Å²) in [4.78, 5) is 18.6. The Balaban J connectivity index is 1.90. The van der Waals surface area contributed by atoms with Gasteiger partial charge in [-0.25, -0.2) is 0 Å². The second kappa shape index (κ2) is 5.46. The maximum absolute atomic E-state index is 12.6. The van der Waals surface area contributed by atoms with Crippen LogP contribution in [-0.4, -0.2) is 40.1 Å². The molecule has 5 heteroatoms. The summed E-state index contributed by atoms with van der Waals surface area (Å²) in [6.45, 7) is 1.68. The number of carbonyl (C=O) groups is 1. The quantitative estimate of drug-likeness (QED) is 0.834. The summed E-state index contributed by atoms with van der Waals surface area (Å²) >= 11 is 0. The second-order valence-corrected chi connectivity index (χ2v) is 4.85. The van der Waals surface area contributed by atoms with E-state index in [0.717, 1.165) is 5.69 Å². The first-order valence-electron chi connectivity index (χ1n) is 6.68. The summed E-state index contributed by atoms with van der Waals surface area (Å²) in [6.07, 6.45) is 3.62. The van der Waals surface area contributed by atoms with E-state index in [2.05, 4.69) is 4.98 Å². The minimum absolute atomic E-state index is 0.0416. The van der Waals surface area contributed by atoms with E-state index in [0.29, 0.717) is 25.5 Å². The molecule has 2 aromatic heterocycles. The second-order valence-electron chi connectivity index (χ2n) is 4.85. The first-order chi connectivity index (χ1) is 9.77. The molecule has 0 N–H and O–H groups in total. The number of morpholine rings is 1. The van der Waals surface area contributed by atoms with Crippen molar-refractivity contribution < 1.29 is 9.53 Å². The minimum atomic E-state index is -0.0572. The van der Waals surface area contributed by atoms with Crippen LogP contribution in [0.25, 0.3) is 0 Å². The SMILES string of the molecule is Cn1cccc1C1COCCN1C(=O)c1ccccn1. The monoisotopic (exact) mass is 271 g/mol. The molecule has 1 aliphatic rings. The van der Waals surface area contributed by atoms with Crippen LogP contribution in [-0.2, 0) is 11.8 Å². The molecule has 0 radical (unpaired) electrons. The Bertz CT molecular complexity index is 594. The smallest absolute Gasteiger partial charge is 0.273 e. The van der Waals surface area contributed by atoms with Crippen molar-refractivity contribution in [2.24, 2.45) is 7.05 Å². The van der Waals surface area contributed by atoms with Crippen LogP contribution in [0.15, 0.2) is 42.7 Å². The van der Waals surface area contributed by atoms with E-state index in [-0.39, 0.29) is 11.9 Å². The van der Waals surface area contributed by atoms with Crippen molar-refractivity contribution in [3.63, 3.8) is 0 Å². The number of hydrogen-bond acceptors (Lipinski definition) is 3. The fraction of sp³-hybridized carbons (Fsp3) is 0.333. The Kier molecular flexibility index (Phi) is 3.52. The van der Waals surface area contributed by atoms with Gasteiger partial charge in [-0.15, -0.1) is 0 Å². The van der Waals surface area contributed by atoms with Crippen molar-refractivity contribution in [2.75, 3.05) is 19.8 Å². The van der Waals surface area contributed by atoms with Gasteiger partial charge in [-0.2, -0.15) is 0 Å². The van der Waals surface area contributed by atoms with E-state index < -0.39 is 0 Å². The molecular weight excluding hydrogens is 254 g/mol. The Morgan fingerprint density at radius 2 is 2.25 bits per heavy atom. The molecule has 1 unspecified atom stereocenters. The van der Waals surface area contributed by atoms with Gasteiger partial charge in [0.05, 0.1) is 19.3 Å². The normalized spacial score (nSPS) is 19.1. The molecule has 1 amide bonds. The van der Waals surface area contributed by atoms with E-state index in [4.69, 9.17) is 4.74 Å². The molecular formula is C15H17N3O2. The number of carbonyl (C=O) groups excluding carboxylic acids is 1. The lowest BCUT2D eigenvalue weighted by Gasteiger charge is -2.35. The van der Waals surface area contributed by atoms with E-state index >= 15 is 0 Å². The zero-order valence-corrected chi connectivity index (χ0v) is 11.4. The standard InChI is InChI=1S/C15H17N3O2/c1-17-8-4-6-13(17)14-11-20-10-9-18(14)15(19)12-5-2-3-7-16-12/h2-8,14H,9-11H2,1H3. The zero-order chi connectivity index (χ0) is 13.9. The van der Waals surface area contributed by atoms with Crippen molar-refractivity contribution >= 4 is 5.91 Å². The van der Waals surface area contributed by atoms with E-state index in [1.807, 2.05) is 47.0 Å².